The first-order valence-corrected chi connectivity index (χ1v) is 30.4. The topological polar surface area (TPSA) is 94.1 Å². The third-order valence-corrected chi connectivity index (χ3v) is 12.7. The summed E-state index contributed by atoms with van der Waals surface area (Å²) in [5, 5.41) is 0. The number of quaternary nitrogens is 1. The molecule has 0 aliphatic rings. The van der Waals surface area contributed by atoms with Crippen LogP contribution in [0.5, 0.6) is 0 Å². The highest BCUT2D eigenvalue weighted by Crippen LogP contribution is 2.38. The van der Waals surface area contributed by atoms with Crippen LogP contribution >= 0.6 is 7.82 Å². The van der Waals surface area contributed by atoms with Crippen LogP contribution in [0.15, 0.2) is 134 Å². The number of esters is 1. The quantitative estimate of drug-likeness (QED) is 0.0197. The van der Waals surface area contributed by atoms with E-state index in [4.69, 9.17) is 18.5 Å². The van der Waals surface area contributed by atoms with E-state index < -0.39 is 13.9 Å². The zero-order chi connectivity index (χ0) is 53.3. The van der Waals surface area contributed by atoms with E-state index in [1.165, 1.54) is 64.2 Å². The molecule has 9 heteroatoms. The summed E-state index contributed by atoms with van der Waals surface area (Å²) in [6, 6.07) is 0. The number of ether oxygens (including phenoxy) is 2. The lowest BCUT2D eigenvalue weighted by molar-refractivity contribution is -0.870. The van der Waals surface area contributed by atoms with Crippen LogP contribution in [0.2, 0.25) is 0 Å². The SMILES string of the molecule is CC/C=C\C/C=C\C/C=C\C/C=C\C/C=C\C/C=C\C/C=C\CCCCCCOCC(COP(=O)([O-])OCC[N+](C)(C)C)OC(=O)CCCCCCCCCCCCCC/C=C\C/C=C\C/C=C\C/C=C\CC. The van der Waals surface area contributed by atoms with Crippen molar-refractivity contribution in [2.45, 2.75) is 213 Å². The number of likely N-dealkylation sites (N-methyl/N-ethyl adjacent to an activating group) is 1. The van der Waals surface area contributed by atoms with E-state index in [-0.39, 0.29) is 25.8 Å². The van der Waals surface area contributed by atoms with E-state index >= 15 is 0 Å². The highest BCUT2D eigenvalue weighted by atomic mass is 31.2. The van der Waals surface area contributed by atoms with Crippen LogP contribution < -0.4 is 4.89 Å². The van der Waals surface area contributed by atoms with Crippen molar-refractivity contribution < 1.29 is 37.3 Å². The Labute approximate surface area is 449 Å². The van der Waals surface area contributed by atoms with Crippen molar-refractivity contribution in [3.63, 3.8) is 0 Å². The number of hydrogen-bond donors (Lipinski definition) is 0. The fraction of sp³-hybridized carbons (Fsp3) is 0.641. The Kier molecular flexibility index (Phi) is 52.4. The van der Waals surface area contributed by atoms with Crippen molar-refractivity contribution in [2.75, 3.05) is 54.1 Å². The fourth-order valence-corrected chi connectivity index (χ4v) is 8.07. The van der Waals surface area contributed by atoms with Gasteiger partial charge in [-0.25, -0.2) is 0 Å². The van der Waals surface area contributed by atoms with E-state index in [0.29, 0.717) is 24.1 Å². The zero-order valence-corrected chi connectivity index (χ0v) is 48.2. The molecule has 0 rings (SSSR count). The first kappa shape index (κ1) is 69.6. The first-order valence-electron chi connectivity index (χ1n) is 28.9. The normalized spacial score (nSPS) is 14.4. The number of allylic oxidation sites excluding steroid dienone is 22. The Morgan fingerprint density at radius 1 is 0.425 bits per heavy atom. The summed E-state index contributed by atoms with van der Waals surface area (Å²) in [5.74, 6) is -0.351. The molecule has 0 heterocycles. The number of nitrogens with zero attached hydrogens (tertiary/aromatic N) is 1. The highest BCUT2D eigenvalue weighted by molar-refractivity contribution is 7.45. The molecule has 2 unspecified atom stereocenters. The molecule has 0 amide bonds. The maximum absolute atomic E-state index is 12.8. The number of carbonyl (C=O) groups excluding carboxylic acids is 1. The molecular weight excluding hydrogens is 926 g/mol. The van der Waals surface area contributed by atoms with E-state index in [2.05, 4.69) is 148 Å². The predicted octanol–water partition coefficient (Wildman–Crippen LogP) is 18.0. The lowest BCUT2D eigenvalue weighted by atomic mass is 10.0. The molecule has 0 N–H and O–H groups in total. The summed E-state index contributed by atoms with van der Waals surface area (Å²) in [6.07, 6.45) is 80.6. The summed E-state index contributed by atoms with van der Waals surface area (Å²) in [6.45, 7) is 5.10. The molecule has 416 valence electrons. The Morgan fingerprint density at radius 3 is 1.12 bits per heavy atom. The van der Waals surface area contributed by atoms with E-state index in [9.17, 15) is 14.3 Å². The number of hydrogen-bond acceptors (Lipinski definition) is 7. The monoisotopic (exact) mass is 1030 g/mol. The number of rotatable bonds is 52. The molecule has 0 aromatic heterocycles. The lowest BCUT2D eigenvalue weighted by Crippen LogP contribution is -2.37. The fourth-order valence-electron chi connectivity index (χ4n) is 7.34. The van der Waals surface area contributed by atoms with Gasteiger partial charge in [0.2, 0.25) is 0 Å². The minimum Gasteiger partial charge on any atom is -0.756 e. The Balaban J connectivity index is 4.18. The van der Waals surface area contributed by atoms with Gasteiger partial charge in [-0.2, -0.15) is 0 Å². The van der Waals surface area contributed by atoms with E-state index in [1.54, 1.807) is 0 Å². The molecule has 0 aliphatic carbocycles. The second-order valence-corrected chi connectivity index (χ2v) is 21.3. The van der Waals surface area contributed by atoms with E-state index in [1.807, 2.05) is 21.1 Å². The second kappa shape index (κ2) is 54.9. The summed E-state index contributed by atoms with van der Waals surface area (Å²) < 4.78 is 34.8. The van der Waals surface area contributed by atoms with Gasteiger partial charge >= 0.3 is 5.97 Å². The Morgan fingerprint density at radius 2 is 0.753 bits per heavy atom. The number of carbonyl (C=O) groups is 1. The van der Waals surface area contributed by atoms with Gasteiger partial charge in [-0.1, -0.05) is 225 Å². The Hall–Kier alpha value is -3.36. The third-order valence-electron chi connectivity index (χ3n) is 11.7. The Bertz CT molecular complexity index is 1630. The van der Waals surface area contributed by atoms with Crippen LogP contribution in [0, 0.1) is 0 Å². The standard InChI is InChI=1S/C64H108NO7P/c1-6-8-10-12-14-16-18-20-22-24-26-28-30-32-34-36-38-40-42-44-46-48-50-52-54-56-59-69-61-63(62-71-73(67,68)70-60-58-65(3,4)5)72-64(66)57-55-53-51-49-47-45-43-41-39-37-35-33-31-29-27-25-23-21-19-17-15-13-11-9-7-2/h8-11,14-17,20-23,26-29,32,34,38,40,44,46,63H,6-7,12-13,18-19,24-25,30-31,33,35-37,39,41-43,45,47-62H2,1-5H3/b10-8-,11-9-,16-14-,17-15-,22-20-,23-21-,28-26-,29-27-,34-32-,40-38-,46-44-. The van der Waals surface area contributed by atoms with Crippen LogP contribution in [0.1, 0.15) is 206 Å². The molecule has 0 radical (unpaired) electrons. The van der Waals surface area contributed by atoms with Gasteiger partial charge in [-0.15, -0.1) is 0 Å². The molecule has 0 bridgehead atoms. The number of unbranched alkanes of at least 4 members (excludes halogenated alkanes) is 16. The largest absolute Gasteiger partial charge is 0.756 e. The minimum absolute atomic E-state index is 0.0126. The number of phosphoric ester groups is 1. The van der Waals surface area contributed by atoms with Crippen LogP contribution in [-0.2, 0) is 27.9 Å². The average Bonchev–Trinajstić information content (AvgIpc) is 3.35. The molecule has 0 aromatic carbocycles. The van der Waals surface area contributed by atoms with Gasteiger partial charge < -0.3 is 27.9 Å². The molecule has 0 aromatic rings. The van der Waals surface area contributed by atoms with Crippen molar-refractivity contribution >= 4 is 13.8 Å². The maximum Gasteiger partial charge on any atom is 0.306 e. The van der Waals surface area contributed by atoms with Gasteiger partial charge in [0.1, 0.15) is 19.3 Å². The lowest BCUT2D eigenvalue weighted by Gasteiger charge is -2.28. The van der Waals surface area contributed by atoms with Crippen LogP contribution in [0.4, 0.5) is 0 Å². The zero-order valence-electron chi connectivity index (χ0n) is 47.3. The molecule has 8 nitrogen and oxygen atoms in total. The summed E-state index contributed by atoms with van der Waals surface area (Å²) in [4.78, 5) is 25.3. The molecular formula is C64H108NO7P. The molecule has 2 atom stereocenters. The molecule has 0 aliphatic heterocycles. The van der Waals surface area contributed by atoms with Gasteiger partial charge in [0.25, 0.3) is 7.82 Å². The van der Waals surface area contributed by atoms with Crippen molar-refractivity contribution in [3.8, 4) is 0 Å². The van der Waals surface area contributed by atoms with Gasteiger partial charge in [0.05, 0.1) is 34.4 Å². The molecule has 0 saturated carbocycles. The van der Waals surface area contributed by atoms with E-state index in [0.717, 1.165) is 122 Å². The maximum atomic E-state index is 12.8. The molecule has 0 fully saturated rings. The third kappa shape index (κ3) is 59.4. The van der Waals surface area contributed by atoms with Crippen LogP contribution in [0.25, 0.3) is 0 Å². The first-order chi connectivity index (χ1) is 35.6. The highest BCUT2D eigenvalue weighted by Gasteiger charge is 2.20. The second-order valence-electron chi connectivity index (χ2n) is 19.9. The van der Waals surface area contributed by atoms with Gasteiger partial charge in [-0.3, -0.25) is 9.36 Å². The molecule has 73 heavy (non-hydrogen) atoms. The summed E-state index contributed by atoms with van der Waals surface area (Å²) in [7, 11) is 1.32. The minimum atomic E-state index is -4.55. The van der Waals surface area contributed by atoms with Crippen molar-refractivity contribution in [1.29, 1.82) is 0 Å². The molecule has 0 saturated heterocycles. The predicted molar refractivity (Wildman–Crippen MR) is 314 cm³/mol. The average molecular weight is 1030 g/mol. The van der Waals surface area contributed by atoms with Crippen molar-refractivity contribution in [1.82, 2.24) is 0 Å². The van der Waals surface area contributed by atoms with Gasteiger partial charge in [-0.05, 0) is 109 Å². The van der Waals surface area contributed by atoms with Crippen LogP contribution in [0.3, 0.4) is 0 Å². The van der Waals surface area contributed by atoms with Gasteiger partial charge in [0, 0.05) is 13.0 Å². The van der Waals surface area contributed by atoms with Crippen molar-refractivity contribution in [2.24, 2.45) is 0 Å². The van der Waals surface area contributed by atoms with Crippen LogP contribution in [-0.4, -0.2) is 70.7 Å². The van der Waals surface area contributed by atoms with Crippen molar-refractivity contribution in [3.05, 3.63) is 134 Å². The number of phosphoric acid groups is 1. The van der Waals surface area contributed by atoms with Gasteiger partial charge in [0.15, 0.2) is 0 Å². The molecule has 0 spiro atoms. The smallest absolute Gasteiger partial charge is 0.306 e. The summed E-state index contributed by atoms with van der Waals surface area (Å²) >= 11 is 0. The summed E-state index contributed by atoms with van der Waals surface area (Å²) in [5.41, 5.74) is 0.